The first kappa shape index (κ1) is 19.6. The predicted molar refractivity (Wildman–Crippen MR) is 112 cm³/mol. The number of halogens is 1. The summed E-state index contributed by atoms with van der Waals surface area (Å²) >= 11 is 7.63. The van der Waals surface area contributed by atoms with Gasteiger partial charge < -0.3 is 14.7 Å². The van der Waals surface area contributed by atoms with E-state index in [1.165, 1.54) is 0 Å². The smallest absolute Gasteiger partial charge is 0.255 e. The Bertz CT molecular complexity index is 861. The van der Waals surface area contributed by atoms with Crippen LogP contribution in [-0.2, 0) is 0 Å². The molecule has 1 saturated heterocycles. The Kier molecular flexibility index (Phi) is 5.85. The van der Waals surface area contributed by atoms with Crippen LogP contribution in [0.2, 0.25) is 5.02 Å². The summed E-state index contributed by atoms with van der Waals surface area (Å²) < 4.78 is 6.03. The van der Waals surface area contributed by atoms with Crippen LogP contribution in [0.25, 0.3) is 0 Å². The van der Waals surface area contributed by atoms with Gasteiger partial charge in [-0.2, -0.15) is 0 Å². The SMILES string of the molecule is CSc1ccccc1C(=O)N1C[C@H]2C[C@@H](Oc3cccc(Cl)c3)[C@H](O)C[C@H]2C1. The highest BCUT2D eigenvalue weighted by Gasteiger charge is 2.44. The Hall–Kier alpha value is -1.69. The lowest BCUT2D eigenvalue weighted by Gasteiger charge is -2.35. The van der Waals surface area contributed by atoms with Crippen molar-refractivity contribution < 1.29 is 14.6 Å². The van der Waals surface area contributed by atoms with E-state index in [0.29, 0.717) is 42.1 Å². The summed E-state index contributed by atoms with van der Waals surface area (Å²) in [5, 5.41) is 11.2. The van der Waals surface area contributed by atoms with E-state index in [1.54, 1.807) is 23.9 Å². The maximum absolute atomic E-state index is 13.1. The van der Waals surface area contributed by atoms with Gasteiger partial charge in [0.25, 0.3) is 5.91 Å². The second kappa shape index (κ2) is 8.36. The second-order valence-corrected chi connectivity index (χ2v) is 8.87. The number of rotatable bonds is 4. The highest BCUT2D eigenvalue weighted by atomic mass is 35.5. The Balaban J connectivity index is 1.44. The van der Waals surface area contributed by atoms with Crippen LogP contribution >= 0.6 is 23.4 Å². The van der Waals surface area contributed by atoms with Gasteiger partial charge in [-0.3, -0.25) is 4.79 Å². The molecule has 2 fully saturated rings. The minimum atomic E-state index is -0.534. The van der Waals surface area contributed by atoms with E-state index < -0.39 is 6.10 Å². The summed E-state index contributed by atoms with van der Waals surface area (Å²) in [7, 11) is 0. The standard InChI is InChI=1S/C22H24ClNO3S/c1-28-21-8-3-2-7-18(21)22(26)24-12-14-9-19(25)20(10-15(14)13-24)27-17-6-4-5-16(23)11-17/h2-8,11,14-15,19-20,25H,9-10,12-13H2,1H3/t14-,15+,19+,20+/m0/s1. The minimum absolute atomic E-state index is 0.0844. The average molecular weight is 418 g/mol. The van der Waals surface area contributed by atoms with Crippen LogP contribution < -0.4 is 4.74 Å². The fraction of sp³-hybridized carbons (Fsp3) is 0.409. The van der Waals surface area contributed by atoms with Crippen molar-refractivity contribution in [2.45, 2.75) is 29.9 Å². The van der Waals surface area contributed by atoms with Crippen LogP contribution in [0.1, 0.15) is 23.2 Å². The van der Waals surface area contributed by atoms with Gasteiger partial charge in [-0.1, -0.05) is 29.8 Å². The first-order chi connectivity index (χ1) is 13.5. The molecule has 4 nitrogen and oxygen atoms in total. The molecule has 0 unspecified atom stereocenters. The topological polar surface area (TPSA) is 49.8 Å². The van der Waals surface area contributed by atoms with E-state index in [4.69, 9.17) is 16.3 Å². The van der Waals surface area contributed by atoms with Gasteiger partial charge in [0.15, 0.2) is 0 Å². The van der Waals surface area contributed by atoms with Crippen LogP contribution in [0.3, 0.4) is 0 Å². The molecule has 2 aliphatic rings. The van der Waals surface area contributed by atoms with Crippen molar-refractivity contribution in [2.75, 3.05) is 19.3 Å². The lowest BCUT2D eigenvalue weighted by atomic mass is 9.78. The van der Waals surface area contributed by atoms with Crippen molar-refractivity contribution in [1.29, 1.82) is 0 Å². The molecule has 2 aromatic carbocycles. The molecule has 1 amide bonds. The first-order valence-corrected chi connectivity index (χ1v) is 11.2. The number of benzene rings is 2. The summed E-state index contributed by atoms with van der Waals surface area (Å²) in [6.45, 7) is 1.42. The van der Waals surface area contributed by atoms with Crippen molar-refractivity contribution in [3.8, 4) is 5.75 Å². The van der Waals surface area contributed by atoms with Crippen molar-refractivity contribution in [2.24, 2.45) is 11.8 Å². The zero-order chi connectivity index (χ0) is 19.7. The summed E-state index contributed by atoms with van der Waals surface area (Å²) in [6.07, 6.45) is 2.59. The number of amides is 1. The van der Waals surface area contributed by atoms with Crippen molar-refractivity contribution in [1.82, 2.24) is 4.90 Å². The molecule has 0 spiro atoms. The van der Waals surface area contributed by atoms with Crippen LogP contribution in [0.5, 0.6) is 5.75 Å². The number of aliphatic hydroxyl groups is 1. The number of carbonyl (C=O) groups is 1. The number of hydrogen-bond acceptors (Lipinski definition) is 4. The fourth-order valence-corrected chi connectivity index (χ4v) is 5.16. The van der Waals surface area contributed by atoms with Gasteiger partial charge >= 0.3 is 0 Å². The lowest BCUT2D eigenvalue weighted by molar-refractivity contribution is -0.0231. The molecule has 0 radical (unpaired) electrons. The number of thioether (sulfide) groups is 1. The molecule has 1 saturated carbocycles. The third-order valence-corrected chi connectivity index (χ3v) is 6.82. The van der Waals surface area contributed by atoms with Crippen LogP contribution in [-0.4, -0.2) is 47.5 Å². The predicted octanol–water partition coefficient (Wildman–Crippen LogP) is 4.35. The average Bonchev–Trinajstić information content (AvgIpc) is 3.10. The molecule has 1 aliphatic carbocycles. The maximum Gasteiger partial charge on any atom is 0.255 e. The molecule has 6 heteroatoms. The van der Waals surface area contributed by atoms with Crippen LogP contribution in [0.15, 0.2) is 53.4 Å². The number of aliphatic hydroxyl groups excluding tert-OH is 1. The molecule has 0 bridgehead atoms. The summed E-state index contributed by atoms with van der Waals surface area (Å²) in [5.74, 6) is 1.42. The number of fused-ring (bicyclic) bond motifs is 1. The zero-order valence-corrected chi connectivity index (χ0v) is 17.3. The largest absolute Gasteiger partial charge is 0.488 e. The quantitative estimate of drug-likeness (QED) is 0.751. The van der Waals surface area contributed by atoms with E-state index in [0.717, 1.165) is 16.9 Å². The third-order valence-electron chi connectivity index (χ3n) is 5.79. The van der Waals surface area contributed by atoms with Gasteiger partial charge in [0.05, 0.1) is 11.7 Å². The second-order valence-electron chi connectivity index (χ2n) is 7.58. The van der Waals surface area contributed by atoms with E-state index in [-0.39, 0.29) is 12.0 Å². The number of likely N-dealkylation sites (tertiary alicyclic amines) is 1. The van der Waals surface area contributed by atoms with E-state index >= 15 is 0 Å². The minimum Gasteiger partial charge on any atom is -0.488 e. The highest BCUT2D eigenvalue weighted by Crippen LogP contribution is 2.39. The van der Waals surface area contributed by atoms with Crippen molar-refractivity contribution in [3.05, 3.63) is 59.1 Å². The summed E-state index contributed by atoms with van der Waals surface area (Å²) in [6, 6.07) is 15.0. The lowest BCUT2D eigenvalue weighted by Crippen LogP contribution is -2.42. The third kappa shape index (κ3) is 4.02. The van der Waals surface area contributed by atoms with Crippen molar-refractivity contribution >= 4 is 29.3 Å². The molecule has 1 heterocycles. The van der Waals surface area contributed by atoms with E-state index in [9.17, 15) is 9.90 Å². The highest BCUT2D eigenvalue weighted by molar-refractivity contribution is 7.98. The number of nitrogens with zero attached hydrogens (tertiary/aromatic N) is 1. The van der Waals surface area contributed by atoms with Gasteiger partial charge in [0, 0.05) is 23.0 Å². The first-order valence-electron chi connectivity index (χ1n) is 9.57. The normalized spacial score (nSPS) is 26.8. The number of hydrogen-bond donors (Lipinski definition) is 1. The Morgan fingerprint density at radius 2 is 1.89 bits per heavy atom. The molecule has 28 heavy (non-hydrogen) atoms. The van der Waals surface area contributed by atoms with E-state index in [2.05, 4.69) is 0 Å². The molecule has 0 aromatic heterocycles. The Morgan fingerprint density at radius 1 is 1.14 bits per heavy atom. The van der Waals surface area contributed by atoms with Gasteiger partial charge in [0.1, 0.15) is 11.9 Å². The van der Waals surface area contributed by atoms with Gasteiger partial charge in [-0.25, -0.2) is 0 Å². The molecule has 1 aliphatic heterocycles. The zero-order valence-electron chi connectivity index (χ0n) is 15.8. The maximum atomic E-state index is 13.1. The van der Waals surface area contributed by atoms with Crippen molar-refractivity contribution in [3.63, 3.8) is 0 Å². The molecule has 1 N–H and O–H groups in total. The van der Waals surface area contributed by atoms with E-state index in [1.807, 2.05) is 47.6 Å². The molecular weight excluding hydrogens is 394 g/mol. The number of carbonyl (C=O) groups excluding carboxylic acids is 1. The molecule has 2 aromatic rings. The Labute approximate surface area is 174 Å². The summed E-state index contributed by atoms with van der Waals surface area (Å²) in [4.78, 5) is 16.0. The van der Waals surface area contributed by atoms with Crippen LogP contribution in [0.4, 0.5) is 0 Å². The molecule has 4 atom stereocenters. The fourth-order valence-electron chi connectivity index (χ4n) is 4.39. The molecule has 148 valence electrons. The van der Waals surface area contributed by atoms with Gasteiger partial charge in [-0.15, -0.1) is 11.8 Å². The summed E-state index contributed by atoms with van der Waals surface area (Å²) in [5.41, 5.74) is 0.765. The van der Waals surface area contributed by atoms with Gasteiger partial charge in [-0.05, 0) is 61.3 Å². The van der Waals surface area contributed by atoms with Crippen LogP contribution in [0, 0.1) is 11.8 Å². The Morgan fingerprint density at radius 3 is 2.64 bits per heavy atom. The molecular formula is C22H24ClNO3S. The molecule has 4 rings (SSSR count). The number of ether oxygens (including phenoxy) is 1. The van der Waals surface area contributed by atoms with Gasteiger partial charge in [0.2, 0.25) is 0 Å². The monoisotopic (exact) mass is 417 g/mol.